The summed E-state index contributed by atoms with van der Waals surface area (Å²) in [6.07, 6.45) is 0. The minimum atomic E-state index is -0.213. The van der Waals surface area contributed by atoms with Crippen LogP contribution in [0.15, 0.2) is 53.7 Å². The fourth-order valence-corrected chi connectivity index (χ4v) is 3.40. The first kappa shape index (κ1) is 21.2. The highest BCUT2D eigenvalue weighted by Crippen LogP contribution is 2.25. The summed E-state index contributed by atoms with van der Waals surface area (Å²) in [5, 5.41) is 15.1. The Morgan fingerprint density at radius 1 is 1.07 bits per heavy atom. The predicted molar refractivity (Wildman–Crippen MR) is 114 cm³/mol. The number of anilines is 1. The lowest BCUT2D eigenvalue weighted by atomic mass is 10.2. The molecule has 0 aliphatic heterocycles. The van der Waals surface area contributed by atoms with E-state index in [0.29, 0.717) is 32.3 Å². The number of carbonyl (C=O) groups excluding carboxylic acids is 2. The molecule has 2 aromatic carbocycles. The van der Waals surface area contributed by atoms with Crippen LogP contribution in [0, 0.1) is 0 Å². The van der Waals surface area contributed by atoms with Gasteiger partial charge in [-0.05, 0) is 30.3 Å². The van der Waals surface area contributed by atoms with Crippen molar-refractivity contribution in [1.29, 1.82) is 0 Å². The molecule has 0 saturated heterocycles. The van der Waals surface area contributed by atoms with Crippen molar-refractivity contribution in [3.63, 3.8) is 0 Å². The first-order valence-corrected chi connectivity index (χ1v) is 10.3. The van der Waals surface area contributed by atoms with Crippen LogP contribution in [0.3, 0.4) is 0 Å². The molecule has 0 fully saturated rings. The van der Waals surface area contributed by atoms with E-state index < -0.39 is 0 Å². The van der Waals surface area contributed by atoms with Crippen molar-refractivity contribution < 1.29 is 9.59 Å². The van der Waals surface area contributed by atoms with Crippen LogP contribution >= 0.6 is 35.0 Å². The van der Waals surface area contributed by atoms with E-state index in [4.69, 9.17) is 23.2 Å². The molecule has 0 atom stereocenters. The Morgan fingerprint density at radius 3 is 2.55 bits per heavy atom. The Morgan fingerprint density at radius 2 is 1.83 bits per heavy atom. The number of hydrogen-bond acceptors (Lipinski definition) is 5. The van der Waals surface area contributed by atoms with Crippen LogP contribution in [0.1, 0.15) is 16.2 Å². The zero-order chi connectivity index (χ0) is 20.8. The highest BCUT2D eigenvalue weighted by Gasteiger charge is 2.13. The zero-order valence-electron chi connectivity index (χ0n) is 15.4. The molecule has 3 aromatic rings. The fourth-order valence-electron chi connectivity index (χ4n) is 2.38. The topological polar surface area (TPSA) is 88.9 Å². The van der Waals surface area contributed by atoms with Crippen LogP contribution < -0.4 is 10.6 Å². The molecule has 2 N–H and O–H groups in total. The van der Waals surface area contributed by atoms with Gasteiger partial charge in [0.05, 0.1) is 22.3 Å². The first-order chi connectivity index (χ1) is 13.9. The maximum Gasteiger partial charge on any atom is 0.251 e. The van der Waals surface area contributed by atoms with Crippen molar-refractivity contribution in [2.75, 3.05) is 11.1 Å². The SMILES string of the molecule is Cn1c(CNC(=O)c2ccccc2)nnc1SCC(=O)Nc1ccc(Cl)c(Cl)c1. The molecular formula is C19H17Cl2N5O2S. The first-order valence-electron chi connectivity index (χ1n) is 8.53. The van der Waals surface area contributed by atoms with Gasteiger partial charge in [-0.3, -0.25) is 9.59 Å². The molecule has 0 unspecified atom stereocenters. The molecule has 1 heterocycles. The predicted octanol–water partition coefficient (Wildman–Crippen LogP) is 3.78. The fraction of sp³-hybridized carbons (Fsp3) is 0.158. The van der Waals surface area contributed by atoms with E-state index in [-0.39, 0.29) is 24.1 Å². The van der Waals surface area contributed by atoms with Crippen LogP contribution in [-0.4, -0.2) is 32.3 Å². The average molecular weight is 450 g/mol. The summed E-state index contributed by atoms with van der Waals surface area (Å²) in [4.78, 5) is 24.3. The molecular weight excluding hydrogens is 433 g/mol. The molecule has 0 aliphatic rings. The van der Waals surface area contributed by atoms with E-state index in [9.17, 15) is 9.59 Å². The molecule has 0 bridgehead atoms. The van der Waals surface area contributed by atoms with Gasteiger partial charge in [-0.1, -0.05) is 53.2 Å². The van der Waals surface area contributed by atoms with Crippen LogP contribution in [0.5, 0.6) is 0 Å². The van der Waals surface area contributed by atoms with Gasteiger partial charge in [0.25, 0.3) is 5.91 Å². The number of aromatic nitrogens is 3. The number of carbonyl (C=O) groups is 2. The maximum atomic E-state index is 12.1. The maximum absolute atomic E-state index is 12.1. The van der Waals surface area contributed by atoms with Crippen molar-refractivity contribution in [2.45, 2.75) is 11.7 Å². The van der Waals surface area contributed by atoms with Gasteiger partial charge in [0.2, 0.25) is 5.91 Å². The zero-order valence-corrected chi connectivity index (χ0v) is 17.7. The summed E-state index contributed by atoms with van der Waals surface area (Å²) in [5.74, 6) is 0.323. The highest BCUT2D eigenvalue weighted by molar-refractivity contribution is 7.99. The van der Waals surface area contributed by atoms with Crippen molar-refractivity contribution in [3.8, 4) is 0 Å². The highest BCUT2D eigenvalue weighted by atomic mass is 35.5. The number of thioether (sulfide) groups is 1. The van der Waals surface area contributed by atoms with Crippen molar-refractivity contribution in [1.82, 2.24) is 20.1 Å². The lowest BCUT2D eigenvalue weighted by Crippen LogP contribution is -2.24. The van der Waals surface area contributed by atoms with Gasteiger partial charge in [-0.15, -0.1) is 10.2 Å². The number of amides is 2. The molecule has 150 valence electrons. The van der Waals surface area contributed by atoms with E-state index in [0.717, 1.165) is 0 Å². The summed E-state index contributed by atoms with van der Waals surface area (Å²) >= 11 is 13.0. The molecule has 0 aliphatic carbocycles. The second-order valence-corrected chi connectivity index (χ2v) is 7.73. The number of benzene rings is 2. The molecule has 3 rings (SSSR count). The molecule has 0 spiro atoms. The molecule has 29 heavy (non-hydrogen) atoms. The van der Waals surface area contributed by atoms with Gasteiger partial charge in [-0.25, -0.2) is 0 Å². The number of rotatable bonds is 7. The van der Waals surface area contributed by atoms with Gasteiger partial charge < -0.3 is 15.2 Å². The monoisotopic (exact) mass is 449 g/mol. The summed E-state index contributed by atoms with van der Waals surface area (Å²) in [7, 11) is 1.78. The molecule has 0 radical (unpaired) electrons. The summed E-state index contributed by atoms with van der Waals surface area (Å²) in [6, 6.07) is 13.8. The van der Waals surface area contributed by atoms with Crippen molar-refractivity contribution >= 4 is 52.5 Å². The Labute approximate surface area is 181 Å². The molecule has 2 amide bonds. The number of nitrogens with one attached hydrogen (secondary N) is 2. The third kappa shape index (κ3) is 5.72. The van der Waals surface area contributed by atoms with E-state index in [1.165, 1.54) is 11.8 Å². The Balaban J connectivity index is 1.52. The van der Waals surface area contributed by atoms with Crippen molar-refractivity contribution in [2.24, 2.45) is 7.05 Å². The second kappa shape index (κ2) is 9.78. The smallest absolute Gasteiger partial charge is 0.251 e. The number of nitrogens with zero attached hydrogens (tertiary/aromatic N) is 3. The van der Waals surface area contributed by atoms with E-state index in [2.05, 4.69) is 20.8 Å². The number of hydrogen-bond donors (Lipinski definition) is 2. The van der Waals surface area contributed by atoms with E-state index in [1.54, 1.807) is 54.1 Å². The quantitative estimate of drug-likeness (QED) is 0.535. The van der Waals surface area contributed by atoms with Gasteiger partial charge in [0.15, 0.2) is 11.0 Å². The average Bonchev–Trinajstić information content (AvgIpc) is 3.07. The molecule has 0 saturated carbocycles. The standard InChI is InChI=1S/C19H17Cl2N5O2S/c1-26-16(10-22-18(28)12-5-3-2-4-6-12)24-25-19(26)29-11-17(27)23-13-7-8-14(20)15(21)9-13/h2-9H,10-11H2,1H3,(H,22,28)(H,23,27). The van der Waals surface area contributed by atoms with Crippen LogP contribution in [0.4, 0.5) is 5.69 Å². The third-order valence-electron chi connectivity index (χ3n) is 3.90. The minimum absolute atomic E-state index is 0.141. The normalized spacial score (nSPS) is 10.6. The van der Waals surface area contributed by atoms with Crippen LogP contribution in [0.25, 0.3) is 0 Å². The lowest BCUT2D eigenvalue weighted by molar-refractivity contribution is -0.113. The van der Waals surface area contributed by atoms with E-state index >= 15 is 0 Å². The van der Waals surface area contributed by atoms with Gasteiger partial charge in [0, 0.05) is 18.3 Å². The number of halogens is 2. The van der Waals surface area contributed by atoms with Gasteiger partial charge in [0.1, 0.15) is 0 Å². The Hall–Kier alpha value is -2.55. The van der Waals surface area contributed by atoms with Crippen LogP contribution in [0.2, 0.25) is 10.0 Å². The Bertz CT molecular complexity index is 1030. The minimum Gasteiger partial charge on any atom is -0.345 e. The van der Waals surface area contributed by atoms with Crippen LogP contribution in [-0.2, 0) is 18.4 Å². The van der Waals surface area contributed by atoms with Gasteiger partial charge in [-0.2, -0.15) is 0 Å². The van der Waals surface area contributed by atoms with E-state index in [1.807, 2.05) is 6.07 Å². The van der Waals surface area contributed by atoms with Crippen molar-refractivity contribution in [3.05, 3.63) is 70.0 Å². The van der Waals surface area contributed by atoms with Gasteiger partial charge >= 0.3 is 0 Å². The summed E-state index contributed by atoms with van der Waals surface area (Å²) in [6.45, 7) is 0.229. The molecule has 1 aromatic heterocycles. The summed E-state index contributed by atoms with van der Waals surface area (Å²) in [5.41, 5.74) is 1.13. The third-order valence-corrected chi connectivity index (χ3v) is 5.66. The summed E-state index contributed by atoms with van der Waals surface area (Å²) < 4.78 is 1.74. The molecule has 7 nitrogen and oxygen atoms in total. The second-order valence-electron chi connectivity index (χ2n) is 5.97. The Kier molecular flexibility index (Phi) is 7.13. The largest absolute Gasteiger partial charge is 0.345 e. The lowest BCUT2D eigenvalue weighted by Gasteiger charge is -2.07. The molecule has 10 heteroatoms.